The predicted octanol–water partition coefficient (Wildman–Crippen LogP) is 3.57. The van der Waals surface area contributed by atoms with Crippen LogP contribution in [0, 0.1) is 0 Å². The van der Waals surface area contributed by atoms with Gasteiger partial charge in [-0.2, -0.15) is 0 Å². The van der Waals surface area contributed by atoms with Crippen molar-refractivity contribution in [2.24, 2.45) is 0 Å². The third-order valence-corrected chi connectivity index (χ3v) is 4.80. The lowest BCUT2D eigenvalue weighted by molar-refractivity contribution is -0.144. The lowest BCUT2D eigenvalue weighted by Crippen LogP contribution is -2.42. The van der Waals surface area contributed by atoms with Gasteiger partial charge in [0.2, 0.25) is 5.91 Å². The summed E-state index contributed by atoms with van der Waals surface area (Å²) < 4.78 is 6.75. The molecule has 0 N–H and O–H groups in total. The van der Waals surface area contributed by atoms with Gasteiger partial charge in [-0.15, -0.1) is 0 Å². The van der Waals surface area contributed by atoms with Crippen molar-refractivity contribution in [1.29, 1.82) is 0 Å². The van der Waals surface area contributed by atoms with Gasteiger partial charge in [0, 0.05) is 5.56 Å². The molecular formula is C20H18N2O3. The molecule has 4 rings (SSSR count). The van der Waals surface area contributed by atoms with Crippen LogP contribution >= 0.6 is 0 Å². The smallest absolute Gasteiger partial charge is 0.307 e. The van der Waals surface area contributed by atoms with Gasteiger partial charge in [-0.3, -0.25) is 14.2 Å². The van der Waals surface area contributed by atoms with E-state index in [1.165, 1.54) is 0 Å². The summed E-state index contributed by atoms with van der Waals surface area (Å²) in [5, 5.41) is 0. The van der Waals surface area contributed by atoms with Crippen LogP contribution in [0.5, 0.6) is 0 Å². The van der Waals surface area contributed by atoms with Crippen molar-refractivity contribution >= 4 is 22.9 Å². The molecule has 0 bridgehead atoms. The molecule has 1 unspecified atom stereocenters. The van der Waals surface area contributed by atoms with Gasteiger partial charge in [0.25, 0.3) is 0 Å². The molecule has 0 aliphatic carbocycles. The molecule has 0 radical (unpaired) electrons. The maximum absolute atomic E-state index is 13.4. The number of imidazole rings is 1. The highest BCUT2D eigenvalue weighted by Gasteiger charge is 2.45. The first-order valence-electron chi connectivity index (χ1n) is 8.34. The largest absolute Gasteiger partial charge is 0.466 e. The van der Waals surface area contributed by atoms with Crippen LogP contribution in [0.3, 0.4) is 0 Å². The minimum absolute atomic E-state index is 0.00261. The van der Waals surface area contributed by atoms with Crippen LogP contribution in [0.15, 0.2) is 48.5 Å². The molecule has 0 saturated heterocycles. The van der Waals surface area contributed by atoms with E-state index < -0.39 is 5.41 Å². The van der Waals surface area contributed by atoms with Gasteiger partial charge < -0.3 is 4.74 Å². The van der Waals surface area contributed by atoms with Crippen molar-refractivity contribution in [3.63, 3.8) is 0 Å². The number of carbonyl (C=O) groups excluding carboxylic acids is 2. The van der Waals surface area contributed by atoms with Gasteiger partial charge in [-0.1, -0.05) is 36.4 Å². The molecule has 5 nitrogen and oxygen atoms in total. The topological polar surface area (TPSA) is 61.2 Å². The van der Waals surface area contributed by atoms with Crippen molar-refractivity contribution in [2.75, 3.05) is 6.61 Å². The van der Waals surface area contributed by atoms with Crippen LogP contribution in [0.25, 0.3) is 22.4 Å². The molecule has 1 atom stereocenters. The second kappa shape index (κ2) is 5.55. The first kappa shape index (κ1) is 15.6. The standard InChI is InChI=1S/C20H18N2O3/c1-3-25-17(23)12-20(2)14-9-5-4-8-13(14)18-21-15-10-6-7-11-16(15)22(18)19(20)24/h4-11H,3,12H2,1-2H3. The Kier molecular flexibility index (Phi) is 3.46. The number of rotatable bonds is 3. The summed E-state index contributed by atoms with van der Waals surface area (Å²) in [6.45, 7) is 3.87. The minimum atomic E-state index is -0.987. The summed E-state index contributed by atoms with van der Waals surface area (Å²) in [4.78, 5) is 30.3. The summed E-state index contributed by atoms with van der Waals surface area (Å²) in [6, 6.07) is 15.2. The monoisotopic (exact) mass is 334 g/mol. The average Bonchev–Trinajstić information content (AvgIpc) is 3.00. The summed E-state index contributed by atoms with van der Waals surface area (Å²) in [7, 11) is 0. The number of hydrogen-bond donors (Lipinski definition) is 0. The van der Waals surface area contributed by atoms with Crippen molar-refractivity contribution < 1.29 is 14.3 Å². The number of carbonyl (C=O) groups is 2. The van der Waals surface area contributed by atoms with E-state index in [1.54, 1.807) is 11.5 Å². The van der Waals surface area contributed by atoms with Gasteiger partial charge in [0.05, 0.1) is 29.5 Å². The molecule has 3 aromatic rings. The highest BCUT2D eigenvalue weighted by Crippen LogP contribution is 2.43. The zero-order valence-corrected chi connectivity index (χ0v) is 14.2. The molecule has 1 aromatic heterocycles. The van der Waals surface area contributed by atoms with E-state index in [4.69, 9.17) is 4.74 Å². The number of nitrogens with zero attached hydrogens (tertiary/aromatic N) is 2. The van der Waals surface area contributed by atoms with Gasteiger partial charge >= 0.3 is 5.97 Å². The van der Waals surface area contributed by atoms with Gasteiger partial charge in [0.1, 0.15) is 5.82 Å². The zero-order chi connectivity index (χ0) is 17.6. The van der Waals surface area contributed by atoms with Crippen molar-refractivity contribution in [2.45, 2.75) is 25.7 Å². The van der Waals surface area contributed by atoms with Gasteiger partial charge in [-0.05, 0) is 31.5 Å². The fourth-order valence-corrected chi connectivity index (χ4v) is 3.60. The Balaban J connectivity index is 1.98. The van der Waals surface area contributed by atoms with Crippen LogP contribution in [0.4, 0.5) is 0 Å². The van der Waals surface area contributed by atoms with E-state index in [2.05, 4.69) is 4.98 Å². The molecule has 5 heteroatoms. The highest BCUT2D eigenvalue weighted by atomic mass is 16.5. The summed E-state index contributed by atoms with van der Waals surface area (Å²) >= 11 is 0. The number of esters is 1. The number of ether oxygens (including phenoxy) is 1. The van der Waals surface area contributed by atoms with E-state index in [0.717, 1.165) is 22.2 Å². The number of para-hydroxylation sites is 2. The quantitative estimate of drug-likeness (QED) is 0.687. The van der Waals surface area contributed by atoms with E-state index in [0.29, 0.717) is 12.4 Å². The van der Waals surface area contributed by atoms with Crippen LogP contribution in [0.1, 0.15) is 30.6 Å². The Morgan fingerprint density at radius 1 is 1.16 bits per heavy atom. The molecule has 0 amide bonds. The van der Waals surface area contributed by atoms with Crippen LogP contribution in [0.2, 0.25) is 0 Å². The van der Waals surface area contributed by atoms with E-state index >= 15 is 0 Å². The lowest BCUT2D eigenvalue weighted by Gasteiger charge is -2.34. The number of aromatic nitrogens is 2. The Hall–Kier alpha value is -2.95. The fourth-order valence-electron chi connectivity index (χ4n) is 3.60. The van der Waals surface area contributed by atoms with Crippen LogP contribution < -0.4 is 0 Å². The van der Waals surface area contributed by atoms with Crippen LogP contribution in [-0.2, 0) is 14.9 Å². The van der Waals surface area contributed by atoms with E-state index in [-0.39, 0.29) is 18.3 Å². The normalized spacial score (nSPS) is 18.7. The summed E-state index contributed by atoms with van der Waals surface area (Å²) in [5.41, 5.74) is 2.23. The second-order valence-electron chi connectivity index (χ2n) is 6.42. The highest BCUT2D eigenvalue weighted by molar-refractivity contribution is 6.05. The van der Waals surface area contributed by atoms with Gasteiger partial charge in [0.15, 0.2) is 0 Å². The van der Waals surface area contributed by atoms with Crippen molar-refractivity contribution in [1.82, 2.24) is 9.55 Å². The first-order valence-corrected chi connectivity index (χ1v) is 8.34. The first-order chi connectivity index (χ1) is 12.1. The molecule has 0 saturated carbocycles. The molecule has 0 spiro atoms. The summed E-state index contributed by atoms with van der Waals surface area (Å²) in [6.07, 6.45) is 0.00261. The van der Waals surface area contributed by atoms with E-state index in [9.17, 15) is 9.59 Å². The van der Waals surface area contributed by atoms with Crippen molar-refractivity contribution in [3.05, 3.63) is 54.1 Å². The van der Waals surface area contributed by atoms with Gasteiger partial charge in [-0.25, -0.2) is 4.98 Å². The maximum atomic E-state index is 13.4. The molecule has 1 aliphatic rings. The number of hydrogen-bond acceptors (Lipinski definition) is 4. The molecule has 25 heavy (non-hydrogen) atoms. The molecule has 126 valence electrons. The summed E-state index contributed by atoms with van der Waals surface area (Å²) in [5.74, 6) is 0.104. The van der Waals surface area contributed by atoms with Crippen LogP contribution in [-0.4, -0.2) is 28.0 Å². The third kappa shape index (κ3) is 2.19. The maximum Gasteiger partial charge on any atom is 0.307 e. The Labute approximate surface area is 145 Å². The second-order valence-corrected chi connectivity index (χ2v) is 6.42. The lowest BCUT2D eigenvalue weighted by atomic mass is 9.74. The molecule has 1 aliphatic heterocycles. The average molecular weight is 334 g/mol. The fraction of sp³-hybridized carbons (Fsp3) is 0.250. The Bertz CT molecular complexity index is 1010. The number of fused-ring (bicyclic) bond motifs is 5. The molecule has 2 aromatic carbocycles. The Morgan fingerprint density at radius 3 is 2.68 bits per heavy atom. The SMILES string of the molecule is CCOC(=O)CC1(C)C(=O)n2c(nc3ccccc32)-c2ccccc21. The third-order valence-electron chi connectivity index (χ3n) is 4.80. The van der Waals surface area contributed by atoms with Crippen molar-refractivity contribution in [3.8, 4) is 11.4 Å². The van der Waals surface area contributed by atoms with E-state index in [1.807, 2.05) is 55.5 Å². The predicted molar refractivity (Wildman–Crippen MR) is 94.4 cm³/mol. The zero-order valence-electron chi connectivity index (χ0n) is 14.2. The molecule has 2 heterocycles. The molecule has 0 fully saturated rings. The number of benzene rings is 2. The Morgan fingerprint density at radius 2 is 1.88 bits per heavy atom. The molecular weight excluding hydrogens is 316 g/mol. The minimum Gasteiger partial charge on any atom is -0.466 e.